The summed E-state index contributed by atoms with van der Waals surface area (Å²) in [5.41, 5.74) is 5.45. The van der Waals surface area contributed by atoms with Gasteiger partial charge in [-0.3, -0.25) is 9.59 Å². The lowest BCUT2D eigenvalue weighted by Gasteiger charge is -2.20. The fraction of sp³-hybridized carbons (Fsp3) is 0.818. The summed E-state index contributed by atoms with van der Waals surface area (Å²) < 4.78 is 0. The summed E-state index contributed by atoms with van der Waals surface area (Å²) in [5, 5.41) is 8.67. The number of carbonyl (C=O) groups excluding carboxylic acids is 1. The van der Waals surface area contributed by atoms with Gasteiger partial charge in [0.15, 0.2) is 0 Å². The van der Waals surface area contributed by atoms with Crippen molar-refractivity contribution in [1.82, 2.24) is 4.90 Å². The van der Waals surface area contributed by atoms with Gasteiger partial charge in [0.2, 0.25) is 5.91 Å². The topological polar surface area (TPSA) is 83.6 Å². The van der Waals surface area contributed by atoms with Crippen LogP contribution in [-0.4, -0.2) is 41.5 Å². The molecule has 94 valence electrons. The molecule has 3 N–H and O–H groups in total. The Kier molecular flexibility index (Phi) is 7.54. The summed E-state index contributed by atoms with van der Waals surface area (Å²) in [7, 11) is 0. The number of aliphatic carboxylic acids is 1. The molecule has 0 saturated heterocycles. The van der Waals surface area contributed by atoms with Crippen molar-refractivity contribution in [2.45, 2.75) is 33.1 Å². The molecule has 0 aliphatic carbocycles. The van der Waals surface area contributed by atoms with Gasteiger partial charge in [0, 0.05) is 13.0 Å². The number of carbonyl (C=O) groups is 2. The third kappa shape index (κ3) is 6.40. The lowest BCUT2D eigenvalue weighted by molar-refractivity contribution is -0.144. The molecular weight excluding hydrogens is 208 g/mol. The minimum atomic E-state index is -0.964. The number of carboxylic acid groups (broad SMARTS) is 1. The van der Waals surface area contributed by atoms with Crippen LogP contribution in [0.1, 0.15) is 33.1 Å². The molecule has 5 heteroatoms. The Morgan fingerprint density at radius 3 is 2.50 bits per heavy atom. The number of nitrogens with two attached hydrogens (primary N) is 1. The van der Waals surface area contributed by atoms with Crippen LogP contribution in [0.5, 0.6) is 0 Å². The highest BCUT2D eigenvalue weighted by Crippen LogP contribution is 2.06. The Balaban J connectivity index is 4.10. The summed E-state index contributed by atoms with van der Waals surface area (Å²) >= 11 is 0. The van der Waals surface area contributed by atoms with Gasteiger partial charge >= 0.3 is 5.97 Å². The number of hydrogen-bond donors (Lipinski definition) is 2. The normalized spacial score (nSPS) is 12.2. The van der Waals surface area contributed by atoms with Crippen LogP contribution >= 0.6 is 0 Å². The first-order chi connectivity index (χ1) is 7.51. The van der Waals surface area contributed by atoms with Crippen LogP contribution in [-0.2, 0) is 9.59 Å². The molecule has 0 spiro atoms. The molecule has 16 heavy (non-hydrogen) atoms. The number of carboxylic acids is 1. The minimum Gasteiger partial charge on any atom is -0.480 e. The molecule has 0 saturated carbocycles. The Labute approximate surface area is 96.6 Å². The van der Waals surface area contributed by atoms with Crippen molar-refractivity contribution in [3.8, 4) is 0 Å². The van der Waals surface area contributed by atoms with Gasteiger partial charge in [0.25, 0.3) is 0 Å². The average molecular weight is 230 g/mol. The summed E-state index contributed by atoms with van der Waals surface area (Å²) in [5.74, 6) is -0.754. The third-order valence-electron chi connectivity index (χ3n) is 2.43. The molecule has 1 unspecified atom stereocenters. The zero-order valence-electron chi connectivity index (χ0n) is 10.1. The van der Waals surface area contributed by atoms with Crippen LogP contribution in [0, 0.1) is 5.92 Å². The second kappa shape index (κ2) is 8.10. The zero-order chi connectivity index (χ0) is 12.6. The number of amides is 1. The molecule has 0 aliphatic heterocycles. The maximum Gasteiger partial charge on any atom is 0.323 e. The Morgan fingerprint density at radius 1 is 1.44 bits per heavy atom. The quantitative estimate of drug-likeness (QED) is 0.642. The van der Waals surface area contributed by atoms with E-state index in [4.69, 9.17) is 10.8 Å². The molecular formula is C11H22N2O3. The van der Waals surface area contributed by atoms with E-state index in [1.165, 1.54) is 4.90 Å². The fourth-order valence-corrected chi connectivity index (χ4v) is 1.37. The molecule has 0 bridgehead atoms. The Hall–Kier alpha value is -1.10. The highest BCUT2D eigenvalue weighted by Gasteiger charge is 2.16. The third-order valence-corrected chi connectivity index (χ3v) is 2.43. The highest BCUT2D eigenvalue weighted by molar-refractivity contribution is 5.81. The van der Waals surface area contributed by atoms with Gasteiger partial charge in [-0.2, -0.15) is 0 Å². The van der Waals surface area contributed by atoms with Crippen LogP contribution in [0.15, 0.2) is 0 Å². The lowest BCUT2D eigenvalue weighted by atomic mass is 10.1. The molecule has 0 aromatic rings. The van der Waals surface area contributed by atoms with E-state index in [-0.39, 0.29) is 12.5 Å². The van der Waals surface area contributed by atoms with Gasteiger partial charge in [0.1, 0.15) is 6.54 Å². The van der Waals surface area contributed by atoms with Crippen molar-refractivity contribution in [2.24, 2.45) is 11.7 Å². The van der Waals surface area contributed by atoms with E-state index >= 15 is 0 Å². The Bertz CT molecular complexity index is 231. The molecule has 0 aliphatic rings. The molecule has 0 aromatic carbocycles. The Morgan fingerprint density at radius 2 is 2.06 bits per heavy atom. The first-order valence-corrected chi connectivity index (χ1v) is 5.70. The van der Waals surface area contributed by atoms with Crippen LogP contribution < -0.4 is 5.73 Å². The van der Waals surface area contributed by atoms with Gasteiger partial charge in [-0.05, 0) is 25.3 Å². The van der Waals surface area contributed by atoms with Crippen molar-refractivity contribution in [3.05, 3.63) is 0 Å². The van der Waals surface area contributed by atoms with E-state index in [0.29, 0.717) is 25.4 Å². The monoisotopic (exact) mass is 230 g/mol. The molecule has 0 radical (unpaired) electrons. The first kappa shape index (κ1) is 14.9. The second-order valence-corrected chi connectivity index (χ2v) is 4.09. The lowest BCUT2D eigenvalue weighted by Crippen LogP contribution is -2.36. The van der Waals surface area contributed by atoms with Crippen LogP contribution in [0.4, 0.5) is 0 Å². The van der Waals surface area contributed by atoms with Gasteiger partial charge in [-0.25, -0.2) is 0 Å². The van der Waals surface area contributed by atoms with Crippen LogP contribution in [0.2, 0.25) is 0 Å². The molecule has 0 rings (SSSR count). The first-order valence-electron chi connectivity index (χ1n) is 5.70. The summed E-state index contributed by atoms with van der Waals surface area (Å²) in [6, 6.07) is 0. The van der Waals surface area contributed by atoms with Gasteiger partial charge in [-0.15, -0.1) is 0 Å². The average Bonchev–Trinajstić information content (AvgIpc) is 2.24. The van der Waals surface area contributed by atoms with Crippen molar-refractivity contribution in [3.63, 3.8) is 0 Å². The zero-order valence-corrected chi connectivity index (χ0v) is 10.1. The molecule has 1 atom stereocenters. The van der Waals surface area contributed by atoms with Crippen molar-refractivity contribution < 1.29 is 14.7 Å². The standard InChI is InChI=1S/C11H22N2O3/c1-3-6-13(8-11(15)16)10(14)5-4-9(2)7-12/h9H,3-8,12H2,1-2H3,(H,15,16). The number of hydrogen-bond acceptors (Lipinski definition) is 3. The van der Waals surface area contributed by atoms with Crippen molar-refractivity contribution >= 4 is 11.9 Å². The summed E-state index contributed by atoms with van der Waals surface area (Å²) in [4.78, 5) is 23.7. The van der Waals surface area contributed by atoms with Gasteiger partial charge < -0.3 is 15.7 Å². The van der Waals surface area contributed by atoms with Gasteiger partial charge in [0.05, 0.1) is 0 Å². The summed E-state index contributed by atoms with van der Waals surface area (Å²) in [6.07, 6.45) is 1.87. The molecule has 0 fully saturated rings. The number of nitrogens with zero attached hydrogens (tertiary/aromatic N) is 1. The largest absolute Gasteiger partial charge is 0.480 e. The predicted molar refractivity (Wildman–Crippen MR) is 62.0 cm³/mol. The van der Waals surface area contributed by atoms with E-state index in [9.17, 15) is 9.59 Å². The molecule has 0 aromatic heterocycles. The van der Waals surface area contributed by atoms with Crippen LogP contribution in [0.3, 0.4) is 0 Å². The van der Waals surface area contributed by atoms with Crippen molar-refractivity contribution in [2.75, 3.05) is 19.6 Å². The van der Waals surface area contributed by atoms with E-state index in [0.717, 1.165) is 12.8 Å². The maximum absolute atomic E-state index is 11.7. The summed E-state index contributed by atoms with van der Waals surface area (Å²) in [6.45, 7) is 4.76. The minimum absolute atomic E-state index is 0.0930. The van der Waals surface area contributed by atoms with Crippen molar-refractivity contribution in [1.29, 1.82) is 0 Å². The smallest absolute Gasteiger partial charge is 0.323 e. The van der Waals surface area contributed by atoms with E-state index < -0.39 is 5.97 Å². The van der Waals surface area contributed by atoms with Crippen LogP contribution in [0.25, 0.3) is 0 Å². The fourth-order valence-electron chi connectivity index (χ4n) is 1.37. The SMILES string of the molecule is CCCN(CC(=O)O)C(=O)CCC(C)CN. The molecule has 1 amide bonds. The van der Waals surface area contributed by atoms with E-state index in [1.807, 2.05) is 13.8 Å². The molecule has 5 nitrogen and oxygen atoms in total. The maximum atomic E-state index is 11.7. The predicted octanol–water partition coefficient (Wildman–Crippen LogP) is 0.685. The van der Waals surface area contributed by atoms with E-state index in [1.54, 1.807) is 0 Å². The number of rotatable bonds is 8. The molecule has 0 heterocycles. The second-order valence-electron chi connectivity index (χ2n) is 4.09. The highest BCUT2D eigenvalue weighted by atomic mass is 16.4. The van der Waals surface area contributed by atoms with Gasteiger partial charge in [-0.1, -0.05) is 13.8 Å². The van der Waals surface area contributed by atoms with E-state index in [2.05, 4.69) is 0 Å².